The van der Waals surface area contributed by atoms with Gasteiger partial charge in [-0.1, -0.05) is 0 Å². The summed E-state index contributed by atoms with van der Waals surface area (Å²) in [5, 5.41) is 5.58. The fourth-order valence-corrected chi connectivity index (χ4v) is 2.17. The standard InChI is InChI=1S/C6H7F3N2O2S/c1-3-5(4(2)11-10-3)14(12,13)6(7,8)9/h1-2H3,(H,10,11). The fourth-order valence-electron chi connectivity index (χ4n) is 1.05. The van der Waals surface area contributed by atoms with E-state index in [0.717, 1.165) is 0 Å². The Balaban J connectivity index is 3.46. The molecule has 0 aliphatic heterocycles. The number of nitrogens with one attached hydrogen (secondary N) is 1. The minimum Gasteiger partial charge on any atom is -0.281 e. The number of hydrogen-bond donors (Lipinski definition) is 1. The van der Waals surface area contributed by atoms with Crippen LogP contribution in [0.4, 0.5) is 13.2 Å². The van der Waals surface area contributed by atoms with E-state index in [1.807, 2.05) is 0 Å². The smallest absolute Gasteiger partial charge is 0.281 e. The molecule has 0 radical (unpaired) electrons. The molecule has 0 aliphatic carbocycles. The highest BCUT2D eigenvalue weighted by Crippen LogP contribution is 2.32. The van der Waals surface area contributed by atoms with Gasteiger partial charge in [0.1, 0.15) is 4.90 Å². The first-order chi connectivity index (χ1) is 6.18. The van der Waals surface area contributed by atoms with Crippen molar-refractivity contribution in [3.05, 3.63) is 11.4 Å². The predicted molar refractivity (Wildman–Crippen MR) is 41.3 cm³/mol. The monoisotopic (exact) mass is 228 g/mol. The molecule has 1 heterocycles. The average molecular weight is 228 g/mol. The number of aromatic amines is 1. The molecule has 4 nitrogen and oxygen atoms in total. The van der Waals surface area contributed by atoms with Crippen molar-refractivity contribution < 1.29 is 21.6 Å². The predicted octanol–water partition coefficient (Wildman–Crippen LogP) is 1.32. The third-order valence-corrected chi connectivity index (χ3v) is 3.38. The van der Waals surface area contributed by atoms with Crippen molar-refractivity contribution in [2.45, 2.75) is 24.3 Å². The molecular weight excluding hydrogens is 221 g/mol. The molecule has 0 fully saturated rings. The second-order valence-corrected chi connectivity index (χ2v) is 4.59. The van der Waals surface area contributed by atoms with Crippen molar-refractivity contribution in [1.82, 2.24) is 10.2 Å². The first kappa shape index (κ1) is 11.0. The number of nitrogens with zero attached hydrogens (tertiary/aromatic N) is 1. The molecular formula is C6H7F3N2O2S. The average Bonchev–Trinajstić information content (AvgIpc) is 2.28. The summed E-state index contributed by atoms with van der Waals surface area (Å²) in [4.78, 5) is -0.787. The molecule has 0 aromatic carbocycles. The Bertz CT molecular complexity index is 427. The lowest BCUT2D eigenvalue weighted by Gasteiger charge is -2.07. The minimum absolute atomic E-state index is 0.111. The molecule has 0 saturated heterocycles. The number of sulfone groups is 1. The summed E-state index contributed by atoms with van der Waals surface area (Å²) in [6.45, 7) is 2.42. The molecule has 1 aromatic heterocycles. The number of H-pyrrole nitrogens is 1. The molecule has 8 heteroatoms. The van der Waals surface area contributed by atoms with Gasteiger partial charge < -0.3 is 0 Å². The normalized spacial score (nSPS) is 13.2. The largest absolute Gasteiger partial charge is 0.502 e. The minimum atomic E-state index is -5.29. The van der Waals surface area contributed by atoms with Crippen LogP contribution in [0.15, 0.2) is 4.90 Å². The Hall–Kier alpha value is -1.05. The summed E-state index contributed by atoms with van der Waals surface area (Å²) in [7, 11) is -5.29. The second kappa shape index (κ2) is 2.97. The van der Waals surface area contributed by atoms with E-state index < -0.39 is 20.2 Å². The molecule has 0 saturated carbocycles. The maximum absolute atomic E-state index is 12.1. The highest BCUT2D eigenvalue weighted by atomic mass is 32.2. The van der Waals surface area contributed by atoms with Gasteiger partial charge in [-0.05, 0) is 13.8 Å². The van der Waals surface area contributed by atoms with Crippen molar-refractivity contribution in [3.8, 4) is 0 Å². The Morgan fingerprint density at radius 2 is 1.79 bits per heavy atom. The lowest BCUT2D eigenvalue weighted by Crippen LogP contribution is -2.24. The molecule has 0 amide bonds. The highest BCUT2D eigenvalue weighted by Gasteiger charge is 2.49. The highest BCUT2D eigenvalue weighted by molar-refractivity contribution is 7.92. The lowest BCUT2D eigenvalue weighted by molar-refractivity contribution is -0.0436. The van der Waals surface area contributed by atoms with Gasteiger partial charge in [-0.2, -0.15) is 18.3 Å². The Morgan fingerprint density at radius 3 is 2.07 bits per heavy atom. The SMILES string of the molecule is Cc1n[nH]c(C)c1S(=O)(=O)C(F)(F)F. The maximum Gasteiger partial charge on any atom is 0.502 e. The molecule has 1 N–H and O–H groups in total. The topological polar surface area (TPSA) is 62.8 Å². The zero-order chi connectivity index (χ0) is 11.1. The van der Waals surface area contributed by atoms with Crippen molar-refractivity contribution in [2.75, 3.05) is 0 Å². The number of alkyl halides is 3. The van der Waals surface area contributed by atoms with Gasteiger partial charge in [-0.25, -0.2) is 8.42 Å². The van der Waals surface area contributed by atoms with E-state index in [1.54, 1.807) is 0 Å². The summed E-state index contributed by atoms with van der Waals surface area (Å²) in [5.74, 6) is 0. The van der Waals surface area contributed by atoms with E-state index in [0.29, 0.717) is 0 Å². The molecule has 0 atom stereocenters. The Morgan fingerprint density at radius 1 is 1.29 bits per heavy atom. The van der Waals surface area contributed by atoms with Crippen molar-refractivity contribution >= 4 is 9.84 Å². The van der Waals surface area contributed by atoms with Crippen LogP contribution >= 0.6 is 0 Å². The van der Waals surface area contributed by atoms with Crippen LogP contribution in [0.3, 0.4) is 0 Å². The Labute approximate surface area is 78.0 Å². The quantitative estimate of drug-likeness (QED) is 0.788. The van der Waals surface area contributed by atoms with Crippen LogP contribution in [-0.2, 0) is 9.84 Å². The molecule has 0 unspecified atom stereocenters. The van der Waals surface area contributed by atoms with E-state index >= 15 is 0 Å². The fraction of sp³-hybridized carbons (Fsp3) is 0.500. The summed E-state index contributed by atoms with van der Waals surface area (Å²) in [6.07, 6.45) is 0. The number of hydrogen-bond acceptors (Lipinski definition) is 3. The van der Waals surface area contributed by atoms with E-state index in [9.17, 15) is 21.6 Å². The number of aryl methyl sites for hydroxylation is 2. The first-order valence-electron chi connectivity index (χ1n) is 3.51. The van der Waals surface area contributed by atoms with Crippen molar-refractivity contribution in [1.29, 1.82) is 0 Å². The van der Waals surface area contributed by atoms with Gasteiger partial charge in [0.05, 0.1) is 11.4 Å². The van der Waals surface area contributed by atoms with Crippen molar-refractivity contribution in [2.24, 2.45) is 0 Å². The van der Waals surface area contributed by atoms with Crippen LogP contribution in [0.25, 0.3) is 0 Å². The first-order valence-corrected chi connectivity index (χ1v) is 4.99. The van der Waals surface area contributed by atoms with Gasteiger partial charge in [0.2, 0.25) is 0 Å². The maximum atomic E-state index is 12.1. The zero-order valence-corrected chi connectivity index (χ0v) is 8.12. The third kappa shape index (κ3) is 1.49. The van der Waals surface area contributed by atoms with Gasteiger partial charge >= 0.3 is 5.51 Å². The summed E-state index contributed by atoms with van der Waals surface area (Å²) >= 11 is 0. The number of halogens is 3. The number of aromatic nitrogens is 2. The van der Waals surface area contributed by atoms with E-state index in [1.165, 1.54) is 13.8 Å². The molecule has 14 heavy (non-hydrogen) atoms. The molecule has 80 valence electrons. The van der Waals surface area contributed by atoms with Crippen molar-refractivity contribution in [3.63, 3.8) is 0 Å². The van der Waals surface area contributed by atoms with Crippen LogP contribution < -0.4 is 0 Å². The third-order valence-electron chi connectivity index (χ3n) is 1.63. The molecule has 0 bridgehead atoms. The Kier molecular flexibility index (Phi) is 2.34. The van der Waals surface area contributed by atoms with Crippen LogP contribution in [0.1, 0.15) is 11.4 Å². The molecule has 0 aliphatic rings. The van der Waals surface area contributed by atoms with Crippen LogP contribution in [0.5, 0.6) is 0 Å². The van der Waals surface area contributed by atoms with Gasteiger partial charge in [0, 0.05) is 0 Å². The van der Waals surface area contributed by atoms with E-state index in [4.69, 9.17) is 0 Å². The zero-order valence-electron chi connectivity index (χ0n) is 7.31. The summed E-state index contributed by atoms with van der Waals surface area (Å²) in [5.41, 5.74) is -5.58. The second-order valence-electron chi connectivity index (χ2n) is 2.71. The number of rotatable bonds is 1. The lowest BCUT2D eigenvalue weighted by atomic mass is 10.4. The van der Waals surface area contributed by atoms with E-state index in [2.05, 4.69) is 10.2 Å². The van der Waals surface area contributed by atoms with Crippen LogP contribution in [0.2, 0.25) is 0 Å². The molecule has 1 rings (SSSR count). The molecule has 0 spiro atoms. The molecule has 1 aromatic rings. The van der Waals surface area contributed by atoms with Gasteiger partial charge in [-0.3, -0.25) is 5.10 Å². The van der Waals surface area contributed by atoms with E-state index in [-0.39, 0.29) is 11.4 Å². The van der Waals surface area contributed by atoms with Crippen LogP contribution in [0, 0.1) is 13.8 Å². The van der Waals surface area contributed by atoms with Gasteiger partial charge in [0.25, 0.3) is 9.84 Å². The van der Waals surface area contributed by atoms with Gasteiger partial charge in [-0.15, -0.1) is 0 Å². The summed E-state index contributed by atoms with van der Waals surface area (Å²) < 4.78 is 58.3. The van der Waals surface area contributed by atoms with Gasteiger partial charge in [0.15, 0.2) is 0 Å². The van der Waals surface area contributed by atoms with Crippen LogP contribution in [-0.4, -0.2) is 24.1 Å². The summed E-state index contributed by atoms with van der Waals surface area (Å²) in [6, 6.07) is 0.